The van der Waals surface area contributed by atoms with Crippen LogP contribution in [0.5, 0.6) is 0 Å². The van der Waals surface area contributed by atoms with Gasteiger partial charge in [0.05, 0.1) is 5.57 Å². The Morgan fingerprint density at radius 1 is 1.80 bits per heavy atom. The minimum Gasteiger partial charge on any atom is -0.293 e. The fourth-order valence-corrected chi connectivity index (χ4v) is 1.05. The number of Topliss-reactive ketones (excluding diaryl/α,β-unsaturated/α-hetero) is 1. The minimum atomic E-state index is 0.000556. The van der Waals surface area contributed by atoms with Gasteiger partial charge in [-0.1, -0.05) is 13.0 Å². The Kier molecular flexibility index (Phi) is 1.86. The van der Waals surface area contributed by atoms with E-state index in [0.717, 1.165) is 6.42 Å². The second kappa shape index (κ2) is 2.66. The molecule has 0 saturated heterocycles. The van der Waals surface area contributed by atoms with Gasteiger partial charge in [-0.3, -0.25) is 4.79 Å². The Morgan fingerprint density at radius 3 is 3.00 bits per heavy atom. The summed E-state index contributed by atoms with van der Waals surface area (Å²) in [6, 6.07) is 1.90. The number of hydrogen-bond acceptors (Lipinski definition) is 2. The lowest BCUT2D eigenvalue weighted by molar-refractivity contribution is -0.115. The van der Waals surface area contributed by atoms with Gasteiger partial charge in [0.15, 0.2) is 5.78 Å². The first-order valence-electron chi connectivity index (χ1n) is 3.39. The zero-order valence-electron chi connectivity index (χ0n) is 5.92. The van der Waals surface area contributed by atoms with Crippen molar-refractivity contribution in [2.75, 3.05) is 0 Å². The normalized spacial score (nSPS) is 25.4. The van der Waals surface area contributed by atoms with E-state index >= 15 is 0 Å². The molecule has 0 aliphatic heterocycles. The zero-order chi connectivity index (χ0) is 7.56. The first kappa shape index (κ1) is 7.01. The van der Waals surface area contributed by atoms with Gasteiger partial charge in [0.25, 0.3) is 0 Å². The number of hydrogen-bond donors (Lipinski definition) is 0. The van der Waals surface area contributed by atoms with Crippen LogP contribution < -0.4 is 0 Å². The van der Waals surface area contributed by atoms with Crippen LogP contribution in [0.2, 0.25) is 0 Å². The molecule has 1 unspecified atom stereocenters. The number of ketones is 1. The number of rotatable bonds is 0. The lowest BCUT2D eigenvalue weighted by Crippen LogP contribution is -2.10. The molecule has 0 N–H and O–H groups in total. The SMILES string of the molecule is CC1C=C(C#N)C(=O)CC1. The number of allylic oxidation sites excluding steroid dienone is 2. The maximum Gasteiger partial charge on any atom is 0.173 e. The highest BCUT2D eigenvalue weighted by atomic mass is 16.1. The molecule has 0 saturated carbocycles. The van der Waals surface area contributed by atoms with Crippen LogP contribution in [0.15, 0.2) is 11.6 Å². The van der Waals surface area contributed by atoms with Crippen molar-refractivity contribution < 1.29 is 4.79 Å². The lowest BCUT2D eigenvalue weighted by Gasteiger charge is -2.11. The molecule has 0 aromatic rings. The summed E-state index contributed by atoms with van der Waals surface area (Å²) in [4.78, 5) is 10.9. The molecule has 10 heavy (non-hydrogen) atoms. The number of carbonyl (C=O) groups excluding carboxylic acids is 1. The van der Waals surface area contributed by atoms with Crippen molar-refractivity contribution in [1.82, 2.24) is 0 Å². The molecule has 0 fully saturated rings. The summed E-state index contributed by atoms with van der Waals surface area (Å²) >= 11 is 0. The quantitative estimate of drug-likeness (QED) is 0.504. The molecule has 0 amide bonds. The van der Waals surface area contributed by atoms with Crippen LogP contribution in [-0.4, -0.2) is 5.78 Å². The van der Waals surface area contributed by atoms with E-state index in [9.17, 15) is 4.79 Å². The third-order valence-corrected chi connectivity index (χ3v) is 1.70. The van der Waals surface area contributed by atoms with Gasteiger partial charge in [-0.05, 0) is 12.3 Å². The Balaban J connectivity index is 2.84. The highest BCUT2D eigenvalue weighted by molar-refractivity contribution is 5.99. The van der Waals surface area contributed by atoms with Crippen molar-refractivity contribution in [3.8, 4) is 6.07 Å². The summed E-state index contributed by atoms with van der Waals surface area (Å²) in [6.07, 6.45) is 3.19. The molecule has 1 rings (SSSR count). The van der Waals surface area contributed by atoms with E-state index in [0.29, 0.717) is 17.9 Å². The highest BCUT2D eigenvalue weighted by Crippen LogP contribution is 2.18. The summed E-state index contributed by atoms with van der Waals surface area (Å²) in [5, 5.41) is 8.44. The molecular formula is C8H9NO. The van der Waals surface area contributed by atoms with Gasteiger partial charge in [-0.15, -0.1) is 0 Å². The van der Waals surface area contributed by atoms with Crippen molar-refractivity contribution in [3.63, 3.8) is 0 Å². The molecule has 2 heteroatoms. The average molecular weight is 135 g/mol. The largest absolute Gasteiger partial charge is 0.293 e. The van der Waals surface area contributed by atoms with Gasteiger partial charge in [0, 0.05) is 6.42 Å². The van der Waals surface area contributed by atoms with Crippen LogP contribution >= 0.6 is 0 Å². The molecule has 1 aliphatic rings. The van der Waals surface area contributed by atoms with Crippen LogP contribution in [-0.2, 0) is 4.79 Å². The van der Waals surface area contributed by atoms with Gasteiger partial charge in [0.1, 0.15) is 6.07 Å². The minimum absolute atomic E-state index is 0.000556. The van der Waals surface area contributed by atoms with E-state index in [4.69, 9.17) is 5.26 Å². The van der Waals surface area contributed by atoms with Crippen molar-refractivity contribution in [2.45, 2.75) is 19.8 Å². The Morgan fingerprint density at radius 2 is 2.50 bits per heavy atom. The second-order valence-corrected chi connectivity index (χ2v) is 2.63. The average Bonchev–Trinajstić information content (AvgIpc) is 1.94. The Labute approximate surface area is 60.2 Å². The van der Waals surface area contributed by atoms with Crippen molar-refractivity contribution in [3.05, 3.63) is 11.6 Å². The van der Waals surface area contributed by atoms with Crippen LogP contribution in [0.1, 0.15) is 19.8 Å². The Hall–Kier alpha value is -1.10. The molecular weight excluding hydrogens is 126 g/mol. The molecule has 52 valence electrons. The van der Waals surface area contributed by atoms with E-state index in [1.54, 1.807) is 6.08 Å². The van der Waals surface area contributed by atoms with Crippen LogP contribution in [0.4, 0.5) is 0 Å². The fourth-order valence-electron chi connectivity index (χ4n) is 1.05. The molecule has 0 bridgehead atoms. The van der Waals surface area contributed by atoms with Crippen molar-refractivity contribution in [2.24, 2.45) is 5.92 Å². The third kappa shape index (κ3) is 1.24. The van der Waals surface area contributed by atoms with Crippen molar-refractivity contribution in [1.29, 1.82) is 5.26 Å². The highest BCUT2D eigenvalue weighted by Gasteiger charge is 2.16. The summed E-state index contributed by atoms with van der Waals surface area (Å²) < 4.78 is 0. The van der Waals surface area contributed by atoms with Crippen LogP contribution in [0.3, 0.4) is 0 Å². The Bertz CT molecular complexity index is 222. The van der Waals surface area contributed by atoms with E-state index < -0.39 is 0 Å². The molecule has 0 radical (unpaired) electrons. The number of carbonyl (C=O) groups is 1. The van der Waals surface area contributed by atoms with E-state index in [1.165, 1.54) is 0 Å². The maximum atomic E-state index is 10.9. The zero-order valence-corrected chi connectivity index (χ0v) is 5.92. The maximum absolute atomic E-state index is 10.9. The van der Waals surface area contributed by atoms with E-state index in [2.05, 4.69) is 0 Å². The van der Waals surface area contributed by atoms with Crippen molar-refractivity contribution >= 4 is 5.78 Å². The smallest absolute Gasteiger partial charge is 0.173 e. The van der Waals surface area contributed by atoms with Gasteiger partial charge in [0.2, 0.25) is 0 Å². The number of nitrogens with zero attached hydrogens (tertiary/aromatic N) is 1. The third-order valence-electron chi connectivity index (χ3n) is 1.70. The second-order valence-electron chi connectivity index (χ2n) is 2.63. The van der Waals surface area contributed by atoms with Crippen LogP contribution in [0.25, 0.3) is 0 Å². The van der Waals surface area contributed by atoms with Gasteiger partial charge < -0.3 is 0 Å². The van der Waals surface area contributed by atoms with Gasteiger partial charge >= 0.3 is 0 Å². The molecule has 0 spiro atoms. The molecule has 2 nitrogen and oxygen atoms in total. The summed E-state index contributed by atoms with van der Waals surface area (Å²) in [7, 11) is 0. The predicted molar refractivity (Wildman–Crippen MR) is 37.1 cm³/mol. The first-order chi connectivity index (χ1) is 4.74. The number of nitriles is 1. The standard InChI is InChI=1S/C8H9NO/c1-6-2-3-8(10)7(4-6)5-9/h4,6H,2-3H2,1H3. The molecule has 1 atom stereocenters. The monoisotopic (exact) mass is 135 g/mol. The fraction of sp³-hybridized carbons (Fsp3) is 0.500. The molecule has 1 aliphatic carbocycles. The summed E-state index contributed by atoms with van der Waals surface area (Å²) in [6.45, 7) is 2.02. The molecule has 0 heterocycles. The van der Waals surface area contributed by atoms with E-state index in [-0.39, 0.29) is 5.78 Å². The van der Waals surface area contributed by atoms with E-state index in [1.807, 2.05) is 13.0 Å². The summed E-state index contributed by atoms with van der Waals surface area (Å²) in [5.41, 5.74) is 0.346. The topological polar surface area (TPSA) is 40.9 Å². The lowest BCUT2D eigenvalue weighted by atomic mass is 9.92. The van der Waals surface area contributed by atoms with Gasteiger partial charge in [-0.2, -0.15) is 5.26 Å². The molecule has 0 aromatic heterocycles. The van der Waals surface area contributed by atoms with Crippen LogP contribution in [0, 0.1) is 17.2 Å². The molecule has 0 aromatic carbocycles. The van der Waals surface area contributed by atoms with Gasteiger partial charge in [-0.25, -0.2) is 0 Å². The first-order valence-corrected chi connectivity index (χ1v) is 3.39. The predicted octanol–water partition coefficient (Wildman–Crippen LogP) is 1.44. The summed E-state index contributed by atoms with van der Waals surface area (Å²) in [5.74, 6) is 0.396.